The molecule has 2 rings (SSSR count). The molecule has 0 radical (unpaired) electrons. The molecule has 0 bridgehead atoms. The molecular weight excluding hydrogens is 274 g/mol. The van der Waals surface area contributed by atoms with Crippen molar-refractivity contribution >= 4 is 10.0 Å². The first-order chi connectivity index (χ1) is 8.82. The maximum atomic E-state index is 13.2. The second-order valence-corrected chi connectivity index (χ2v) is 6.72. The second kappa shape index (κ2) is 5.15. The molecule has 106 valence electrons. The van der Waals surface area contributed by atoms with E-state index in [9.17, 15) is 17.2 Å². The Morgan fingerprint density at radius 3 is 2.58 bits per heavy atom. The van der Waals surface area contributed by atoms with Gasteiger partial charge in [0.2, 0.25) is 10.0 Å². The zero-order valence-electron chi connectivity index (χ0n) is 10.5. The number of sulfonamides is 1. The summed E-state index contributed by atoms with van der Waals surface area (Å²) in [6.45, 7) is 2.06. The Morgan fingerprint density at radius 1 is 1.32 bits per heavy atom. The van der Waals surface area contributed by atoms with E-state index in [0.29, 0.717) is 25.5 Å². The highest BCUT2D eigenvalue weighted by Crippen LogP contribution is 2.25. The Bertz CT molecular complexity index is 577. The number of piperidine rings is 1. The Balaban J connectivity index is 2.34. The van der Waals surface area contributed by atoms with Gasteiger partial charge >= 0.3 is 0 Å². The first kappa shape index (κ1) is 14.4. The molecule has 1 heterocycles. The van der Waals surface area contributed by atoms with Gasteiger partial charge in [0.15, 0.2) is 11.6 Å². The number of benzene rings is 1. The van der Waals surface area contributed by atoms with Crippen LogP contribution in [-0.4, -0.2) is 31.4 Å². The van der Waals surface area contributed by atoms with E-state index in [2.05, 4.69) is 0 Å². The van der Waals surface area contributed by atoms with Crippen molar-refractivity contribution in [2.45, 2.75) is 36.7 Å². The summed E-state index contributed by atoms with van der Waals surface area (Å²) in [6, 6.07) is 2.34. The number of halogens is 2. The van der Waals surface area contributed by atoms with Gasteiger partial charge in [-0.3, -0.25) is 0 Å². The van der Waals surface area contributed by atoms with Crippen LogP contribution < -0.4 is 5.73 Å². The zero-order chi connectivity index (χ0) is 14.2. The normalized spacial score (nSPS) is 25.5. The van der Waals surface area contributed by atoms with Crippen LogP contribution in [0.15, 0.2) is 23.1 Å². The van der Waals surface area contributed by atoms with Crippen LogP contribution in [0.1, 0.15) is 19.8 Å². The summed E-state index contributed by atoms with van der Waals surface area (Å²) in [5.74, 6) is -2.23. The van der Waals surface area contributed by atoms with Crippen LogP contribution in [0.25, 0.3) is 0 Å². The van der Waals surface area contributed by atoms with Gasteiger partial charge in [0.05, 0.1) is 4.90 Å². The van der Waals surface area contributed by atoms with Crippen LogP contribution in [0.4, 0.5) is 8.78 Å². The molecule has 1 fully saturated rings. The molecule has 0 aliphatic carbocycles. The smallest absolute Gasteiger partial charge is 0.243 e. The lowest BCUT2D eigenvalue weighted by Crippen LogP contribution is -2.48. The van der Waals surface area contributed by atoms with Gasteiger partial charge < -0.3 is 5.73 Å². The summed E-state index contributed by atoms with van der Waals surface area (Å²) < 4.78 is 52.0. The monoisotopic (exact) mass is 290 g/mol. The highest BCUT2D eigenvalue weighted by atomic mass is 32.2. The van der Waals surface area contributed by atoms with Gasteiger partial charge in [0.25, 0.3) is 0 Å². The second-order valence-electron chi connectivity index (χ2n) is 4.83. The Labute approximate surface area is 111 Å². The minimum absolute atomic E-state index is 0.0218. The molecule has 1 aromatic rings. The fourth-order valence-corrected chi connectivity index (χ4v) is 3.99. The van der Waals surface area contributed by atoms with Gasteiger partial charge in [-0.1, -0.05) is 0 Å². The molecule has 0 aromatic heterocycles. The van der Waals surface area contributed by atoms with E-state index in [1.807, 2.05) is 0 Å². The molecule has 19 heavy (non-hydrogen) atoms. The third-order valence-corrected chi connectivity index (χ3v) is 5.36. The van der Waals surface area contributed by atoms with Gasteiger partial charge in [0, 0.05) is 18.6 Å². The third kappa shape index (κ3) is 2.77. The standard InChI is InChI=1S/C12H16F2N2O2S/c1-8-6-9(15)4-5-16(8)19(17,18)10-2-3-11(13)12(14)7-10/h2-3,7-9H,4-6,15H2,1H3/t8-,9-/m1/s1. The molecule has 0 spiro atoms. The van der Waals surface area contributed by atoms with Crippen molar-refractivity contribution in [3.05, 3.63) is 29.8 Å². The van der Waals surface area contributed by atoms with Gasteiger partial charge in [-0.2, -0.15) is 4.31 Å². The van der Waals surface area contributed by atoms with Crippen LogP contribution >= 0.6 is 0 Å². The van der Waals surface area contributed by atoms with Crippen LogP contribution in [0.2, 0.25) is 0 Å². The van der Waals surface area contributed by atoms with Crippen molar-refractivity contribution in [3.8, 4) is 0 Å². The lowest BCUT2D eigenvalue weighted by atomic mass is 10.0. The quantitative estimate of drug-likeness (QED) is 0.897. The van der Waals surface area contributed by atoms with E-state index in [-0.39, 0.29) is 17.0 Å². The highest BCUT2D eigenvalue weighted by Gasteiger charge is 2.33. The number of hydrogen-bond acceptors (Lipinski definition) is 3. The summed E-state index contributed by atoms with van der Waals surface area (Å²) in [6.07, 6.45) is 1.12. The molecule has 4 nitrogen and oxygen atoms in total. The van der Waals surface area contributed by atoms with E-state index < -0.39 is 21.7 Å². The third-order valence-electron chi connectivity index (χ3n) is 3.35. The number of nitrogens with two attached hydrogens (primary N) is 1. The molecule has 0 amide bonds. The number of rotatable bonds is 2. The molecular formula is C12H16F2N2O2S. The molecule has 2 N–H and O–H groups in total. The lowest BCUT2D eigenvalue weighted by molar-refractivity contribution is 0.247. The molecule has 1 aliphatic rings. The van der Waals surface area contributed by atoms with E-state index >= 15 is 0 Å². The molecule has 1 aliphatic heterocycles. The summed E-state index contributed by atoms with van der Waals surface area (Å²) >= 11 is 0. The summed E-state index contributed by atoms with van der Waals surface area (Å²) in [7, 11) is -3.80. The summed E-state index contributed by atoms with van der Waals surface area (Å²) in [5, 5.41) is 0. The van der Waals surface area contributed by atoms with Crippen LogP contribution in [0.5, 0.6) is 0 Å². The Hall–Kier alpha value is -1.05. The number of hydrogen-bond donors (Lipinski definition) is 1. The van der Waals surface area contributed by atoms with Gasteiger partial charge in [-0.25, -0.2) is 17.2 Å². The molecule has 1 aromatic carbocycles. The number of nitrogens with zero attached hydrogens (tertiary/aromatic N) is 1. The zero-order valence-corrected chi connectivity index (χ0v) is 11.3. The van der Waals surface area contributed by atoms with Crippen molar-refractivity contribution in [1.29, 1.82) is 0 Å². The van der Waals surface area contributed by atoms with E-state index in [4.69, 9.17) is 5.73 Å². The topological polar surface area (TPSA) is 63.4 Å². The van der Waals surface area contributed by atoms with Gasteiger partial charge in [-0.05, 0) is 38.0 Å². The van der Waals surface area contributed by atoms with Gasteiger partial charge in [-0.15, -0.1) is 0 Å². The summed E-state index contributed by atoms with van der Waals surface area (Å²) in [5.41, 5.74) is 5.78. The van der Waals surface area contributed by atoms with Crippen molar-refractivity contribution in [2.75, 3.05) is 6.54 Å². The first-order valence-corrected chi connectivity index (χ1v) is 7.49. The van der Waals surface area contributed by atoms with Crippen molar-refractivity contribution in [3.63, 3.8) is 0 Å². The molecule has 1 saturated heterocycles. The van der Waals surface area contributed by atoms with Crippen LogP contribution in [0, 0.1) is 11.6 Å². The maximum absolute atomic E-state index is 13.2. The van der Waals surface area contributed by atoms with E-state index in [1.165, 1.54) is 4.31 Å². The lowest BCUT2D eigenvalue weighted by Gasteiger charge is -2.35. The maximum Gasteiger partial charge on any atom is 0.243 e. The highest BCUT2D eigenvalue weighted by molar-refractivity contribution is 7.89. The van der Waals surface area contributed by atoms with Crippen molar-refractivity contribution < 1.29 is 17.2 Å². The SMILES string of the molecule is C[C@@H]1C[C@H](N)CCN1S(=O)(=O)c1ccc(F)c(F)c1. The predicted molar refractivity (Wildman–Crippen MR) is 66.9 cm³/mol. The fourth-order valence-electron chi connectivity index (χ4n) is 2.32. The molecule has 0 saturated carbocycles. The molecule has 0 unspecified atom stereocenters. The van der Waals surface area contributed by atoms with E-state index in [1.54, 1.807) is 6.92 Å². The van der Waals surface area contributed by atoms with Crippen molar-refractivity contribution in [2.24, 2.45) is 5.73 Å². The van der Waals surface area contributed by atoms with Crippen LogP contribution in [0.3, 0.4) is 0 Å². The Morgan fingerprint density at radius 2 is 2.00 bits per heavy atom. The van der Waals surface area contributed by atoms with Crippen LogP contribution in [-0.2, 0) is 10.0 Å². The van der Waals surface area contributed by atoms with Crippen molar-refractivity contribution in [1.82, 2.24) is 4.31 Å². The van der Waals surface area contributed by atoms with E-state index in [0.717, 1.165) is 12.1 Å². The first-order valence-electron chi connectivity index (χ1n) is 6.05. The average Bonchev–Trinajstić information content (AvgIpc) is 2.32. The summed E-state index contributed by atoms with van der Waals surface area (Å²) in [4.78, 5) is -0.228. The largest absolute Gasteiger partial charge is 0.328 e. The minimum atomic E-state index is -3.80. The molecule has 2 atom stereocenters. The average molecular weight is 290 g/mol. The molecule has 7 heteroatoms. The minimum Gasteiger partial charge on any atom is -0.328 e. The fraction of sp³-hybridized carbons (Fsp3) is 0.500. The Kier molecular flexibility index (Phi) is 3.89. The predicted octanol–water partition coefficient (Wildman–Crippen LogP) is 1.47. The van der Waals surface area contributed by atoms with Gasteiger partial charge in [0.1, 0.15) is 0 Å².